The number of hydrogen-bond acceptors (Lipinski definition) is 4. The van der Waals surface area contributed by atoms with Gasteiger partial charge in [-0.05, 0) is 84.9 Å². The molecular formula is C22H30O4. The van der Waals surface area contributed by atoms with E-state index >= 15 is 0 Å². The molecular weight excluding hydrogens is 328 g/mol. The number of aliphatic hydroxyl groups is 2. The maximum Gasteiger partial charge on any atom is 0.160 e. The lowest BCUT2D eigenvalue weighted by atomic mass is 9.61. The number of fused-ring (bicyclic) bond motifs is 4. The molecule has 0 aromatic heterocycles. The zero-order valence-corrected chi connectivity index (χ0v) is 15.6. The van der Waals surface area contributed by atoms with E-state index in [-0.39, 0.29) is 23.0 Å². The summed E-state index contributed by atoms with van der Waals surface area (Å²) >= 11 is 0. The van der Waals surface area contributed by atoms with E-state index in [1.165, 1.54) is 12.8 Å². The molecule has 0 unspecified atom stereocenters. The first-order chi connectivity index (χ1) is 12.5. The third-order valence-electron chi connectivity index (χ3n) is 11.8. The third-order valence-corrected chi connectivity index (χ3v) is 11.8. The smallest absolute Gasteiger partial charge is 0.160 e. The highest BCUT2D eigenvalue weighted by Crippen LogP contribution is 2.87. The van der Waals surface area contributed by atoms with E-state index in [2.05, 4.69) is 13.8 Å². The Morgan fingerprint density at radius 1 is 0.615 bits per heavy atom. The molecule has 6 aliphatic carbocycles. The van der Waals surface area contributed by atoms with Crippen molar-refractivity contribution in [2.75, 3.05) is 0 Å². The summed E-state index contributed by atoms with van der Waals surface area (Å²) in [4.78, 5) is 0. The highest BCUT2D eigenvalue weighted by molar-refractivity contribution is 5.32. The van der Waals surface area contributed by atoms with Crippen molar-refractivity contribution in [3.8, 4) is 0 Å². The minimum atomic E-state index is -0.585. The summed E-state index contributed by atoms with van der Waals surface area (Å²) in [5.74, 6) is 6.34. The van der Waals surface area contributed by atoms with E-state index in [0.29, 0.717) is 59.2 Å². The van der Waals surface area contributed by atoms with Crippen molar-refractivity contribution in [1.82, 2.24) is 0 Å². The van der Waals surface area contributed by atoms with Crippen molar-refractivity contribution in [3.05, 3.63) is 0 Å². The van der Waals surface area contributed by atoms with Gasteiger partial charge in [-0.2, -0.15) is 0 Å². The van der Waals surface area contributed by atoms with Gasteiger partial charge >= 0.3 is 0 Å². The second-order valence-electron chi connectivity index (χ2n) is 11.7. The summed E-state index contributed by atoms with van der Waals surface area (Å²) in [6.45, 7) is 4.77. The van der Waals surface area contributed by atoms with Crippen molar-refractivity contribution < 1.29 is 19.7 Å². The van der Waals surface area contributed by atoms with E-state index in [9.17, 15) is 10.2 Å². The van der Waals surface area contributed by atoms with Crippen LogP contribution >= 0.6 is 0 Å². The van der Waals surface area contributed by atoms with E-state index in [0.717, 1.165) is 12.8 Å². The summed E-state index contributed by atoms with van der Waals surface area (Å²) in [5, 5.41) is 22.5. The summed E-state index contributed by atoms with van der Waals surface area (Å²) < 4.78 is 12.7. The fourth-order valence-electron chi connectivity index (χ4n) is 11.8. The Hall–Kier alpha value is -0.160. The number of ether oxygens (including phenoxy) is 2. The van der Waals surface area contributed by atoms with Gasteiger partial charge < -0.3 is 19.7 Å². The number of rotatable bonds is 0. The summed E-state index contributed by atoms with van der Waals surface area (Å²) in [6, 6.07) is 0. The zero-order chi connectivity index (χ0) is 17.3. The van der Waals surface area contributed by atoms with E-state index in [4.69, 9.17) is 9.47 Å². The molecule has 2 N–H and O–H groups in total. The van der Waals surface area contributed by atoms with Gasteiger partial charge in [-0.3, -0.25) is 0 Å². The zero-order valence-electron chi connectivity index (χ0n) is 15.6. The lowest BCUT2D eigenvalue weighted by Crippen LogP contribution is -2.55. The predicted molar refractivity (Wildman–Crippen MR) is 91.3 cm³/mol. The molecule has 0 aromatic carbocycles. The minimum absolute atomic E-state index is 0.0724. The van der Waals surface area contributed by atoms with Crippen LogP contribution in [0.25, 0.3) is 0 Å². The largest absolute Gasteiger partial charge is 0.367 e. The second-order valence-corrected chi connectivity index (χ2v) is 11.7. The van der Waals surface area contributed by atoms with Gasteiger partial charge in [0.25, 0.3) is 0 Å². The molecule has 0 aromatic rings. The van der Waals surface area contributed by atoms with Gasteiger partial charge in [-0.15, -0.1) is 0 Å². The first-order valence-electron chi connectivity index (χ1n) is 11.2. The topological polar surface area (TPSA) is 58.9 Å². The van der Waals surface area contributed by atoms with Crippen LogP contribution in [0.2, 0.25) is 0 Å². The normalized spacial score (nSPS) is 78.9. The van der Waals surface area contributed by atoms with Crippen LogP contribution in [0.5, 0.6) is 0 Å². The standard InChI is InChI=1S/C22H30O4/c1-21-15-7-3-5-10-12(7)18-13(15)14-16(22(18,2)20(24)26-10)8-4-6-9(25-19(21)23)11(8)17(14)21/h7-20,23-24H,3-6H2,1-2H3/t7-,8-,9+,10+,11-,12+,13+,14-,15-,16-,17-,18+,19+,20+,21+,22+/m1/s1. The Morgan fingerprint density at radius 3 is 1.46 bits per heavy atom. The monoisotopic (exact) mass is 358 g/mol. The van der Waals surface area contributed by atoms with E-state index in [1.807, 2.05) is 0 Å². The van der Waals surface area contributed by atoms with Crippen LogP contribution in [0.1, 0.15) is 39.5 Å². The van der Waals surface area contributed by atoms with Gasteiger partial charge in [0, 0.05) is 10.8 Å². The van der Waals surface area contributed by atoms with Crippen LogP contribution in [-0.2, 0) is 9.47 Å². The molecule has 2 saturated heterocycles. The number of aliphatic hydroxyl groups excluding tert-OH is 2. The van der Waals surface area contributed by atoms with Crippen LogP contribution in [0.3, 0.4) is 0 Å². The first kappa shape index (κ1) is 14.8. The average molecular weight is 358 g/mol. The van der Waals surface area contributed by atoms with Crippen molar-refractivity contribution in [1.29, 1.82) is 0 Å². The molecule has 6 saturated carbocycles. The molecule has 0 spiro atoms. The minimum Gasteiger partial charge on any atom is -0.367 e. The molecule has 2 heterocycles. The molecule has 8 aliphatic rings. The Morgan fingerprint density at radius 2 is 1.04 bits per heavy atom. The fraction of sp³-hybridized carbons (Fsp3) is 1.00. The van der Waals surface area contributed by atoms with Gasteiger partial charge in [0.2, 0.25) is 0 Å². The molecule has 4 nitrogen and oxygen atoms in total. The average Bonchev–Trinajstić information content (AvgIpc) is 3.34. The Balaban J connectivity index is 1.43. The molecule has 8 rings (SSSR count). The third kappa shape index (κ3) is 1.11. The van der Waals surface area contributed by atoms with Gasteiger partial charge in [0.15, 0.2) is 12.6 Å². The van der Waals surface area contributed by atoms with Crippen molar-refractivity contribution in [2.45, 2.75) is 64.3 Å². The highest BCUT2D eigenvalue weighted by Gasteiger charge is 2.87. The van der Waals surface area contributed by atoms with Crippen molar-refractivity contribution in [3.63, 3.8) is 0 Å². The van der Waals surface area contributed by atoms with Gasteiger partial charge in [-0.1, -0.05) is 13.8 Å². The van der Waals surface area contributed by atoms with Crippen LogP contribution in [0, 0.1) is 70.0 Å². The molecule has 8 fully saturated rings. The maximum absolute atomic E-state index is 11.3. The SMILES string of the molecule is C[C@]12[C@H]3[C@@H]4[C@@H]5[C@@H]6[C@H]7[C@@H](CC[C@@H]7O[C@H](O)[C@@]6(C)[C@@H]4[C@@H]4CC[C@H](O[C@@H]1O)[C@@H]43)[C@H]52. The molecule has 142 valence electrons. The maximum atomic E-state index is 11.3. The molecule has 26 heavy (non-hydrogen) atoms. The van der Waals surface area contributed by atoms with Gasteiger partial charge in [0.05, 0.1) is 12.2 Å². The quantitative estimate of drug-likeness (QED) is 0.697. The highest BCUT2D eigenvalue weighted by atomic mass is 16.6. The van der Waals surface area contributed by atoms with Crippen LogP contribution in [-0.4, -0.2) is 35.0 Å². The Kier molecular flexibility index (Phi) is 2.24. The van der Waals surface area contributed by atoms with Crippen LogP contribution in [0.15, 0.2) is 0 Å². The summed E-state index contributed by atoms with van der Waals surface area (Å²) in [7, 11) is 0. The van der Waals surface area contributed by atoms with Crippen molar-refractivity contribution in [2.24, 2.45) is 70.0 Å². The number of hydrogen-bond donors (Lipinski definition) is 2. The van der Waals surface area contributed by atoms with E-state index < -0.39 is 12.6 Å². The Labute approximate surface area is 154 Å². The summed E-state index contributed by atoms with van der Waals surface area (Å²) in [6.07, 6.45) is 3.99. The molecule has 16 atom stereocenters. The lowest BCUT2D eigenvalue weighted by molar-refractivity contribution is -0.277. The van der Waals surface area contributed by atoms with Crippen LogP contribution in [0.4, 0.5) is 0 Å². The van der Waals surface area contributed by atoms with Crippen LogP contribution < -0.4 is 0 Å². The lowest BCUT2D eigenvalue weighted by Gasteiger charge is -2.52. The van der Waals surface area contributed by atoms with E-state index in [1.54, 1.807) is 0 Å². The summed E-state index contributed by atoms with van der Waals surface area (Å²) in [5.41, 5.74) is -0.145. The second kappa shape index (κ2) is 3.94. The molecule has 0 radical (unpaired) electrons. The first-order valence-corrected chi connectivity index (χ1v) is 11.2. The molecule has 0 amide bonds. The molecule has 2 aliphatic heterocycles. The van der Waals surface area contributed by atoms with Gasteiger partial charge in [0.1, 0.15) is 0 Å². The van der Waals surface area contributed by atoms with Gasteiger partial charge in [-0.25, -0.2) is 0 Å². The van der Waals surface area contributed by atoms with Crippen molar-refractivity contribution >= 4 is 0 Å². The fourth-order valence-corrected chi connectivity index (χ4v) is 11.8. The Bertz CT molecular complexity index is 665. The predicted octanol–water partition coefficient (Wildman–Crippen LogP) is 2.24. The molecule has 4 heteroatoms. The molecule has 0 bridgehead atoms.